The van der Waals surface area contributed by atoms with Crippen LogP contribution in [0.15, 0.2) is 12.2 Å². The van der Waals surface area contributed by atoms with Crippen molar-refractivity contribution in [3.8, 4) is 0 Å². The molecule has 32 heteroatoms. The molecular weight excluding hydrogens is 1320 g/mol. The number of rotatable bonds is 18. The standard InChI is InChI=1S/C67H106O32/c1-11-12-13-14-36(72)93-53-52(83)67-33(21-61(53,4)5)66(99-60(67)86)20-16-32-63(8)18-17-34(62(6,7)31(63)15-19-64(32,9)65(66,10)22-35(67)89-27(3)70)92-59-51(98-56-45(81)41(77)39(75)29(23-68)90-56)47(46(82)48(95-59)54(84)85)94-58-50(43(79)40(76)30(24-69)91-58)97-57-49(42(78)37(73)26(2)88-57)96-55-44(80)38(74)28(71)25-87-55/h13-14,26,28-35,37-53,55-60,68-69,71,73-83,86H,11-12,15-25H2,1-10H3,(H,84,85)/b14-13+. The third-order valence-corrected chi connectivity index (χ3v) is 25.8. The summed E-state index contributed by atoms with van der Waals surface area (Å²) in [6.45, 7) is 16.5. The van der Waals surface area contributed by atoms with E-state index in [1.165, 1.54) is 19.9 Å². The molecule has 0 aromatic rings. The Morgan fingerprint density at radius 3 is 1.77 bits per heavy atom. The number of esters is 2. The molecule has 37 unspecified atom stereocenters. The van der Waals surface area contributed by atoms with E-state index in [0.717, 1.165) is 6.42 Å². The molecule has 11 fully saturated rings. The molecule has 37 atom stereocenters. The Morgan fingerprint density at radius 1 is 0.556 bits per heavy atom. The van der Waals surface area contributed by atoms with Crippen LogP contribution in [0.5, 0.6) is 0 Å². The van der Waals surface area contributed by atoms with Crippen LogP contribution in [0, 0.1) is 50.2 Å². The summed E-state index contributed by atoms with van der Waals surface area (Å²) in [6, 6.07) is 0. The number of carboxylic acids is 1. The highest BCUT2D eigenvalue weighted by molar-refractivity contribution is 5.82. The van der Waals surface area contributed by atoms with Crippen LogP contribution in [0.2, 0.25) is 0 Å². The van der Waals surface area contributed by atoms with E-state index in [0.29, 0.717) is 44.9 Å². The minimum atomic E-state index is -2.37. The Hall–Kier alpha value is -2.89. The molecule has 11 aliphatic rings. The van der Waals surface area contributed by atoms with Crippen molar-refractivity contribution in [1.29, 1.82) is 0 Å². The van der Waals surface area contributed by atoms with Crippen LogP contribution in [0.4, 0.5) is 0 Å². The number of ether oxygens (including phenoxy) is 13. The van der Waals surface area contributed by atoms with Gasteiger partial charge in [-0.05, 0) is 92.8 Å². The first-order chi connectivity index (χ1) is 46.4. The number of carboxylic acid groups (broad SMARTS) is 1. The molecule has 99 heavy (non-hydrogen) atoms. The van der Waals surface area contributed by atoms with Crippen LogP contribution < -0.4 is 0 Å². The van der Waals surface area contributed by atoms with Crippen molar-refractivity contribution in [1.82, 2.24) is 0 Å². The lowest BCUT2D eigenvalue weighted by atomic mass is 9.30. The highest BCUT2D eigenvalue weighted by Crippen LogP contribution is 2.82. The Bertz CT molecular complexity index is 2890. The second kappa shape index (κ2) is 28.4. The summed E-state index contributed by atoms with van der Waals surface area (Å²) in [7, 11) is 0. The van der Waals surface area contributed by atoms with Gasteiger partial charge in [0.15, 0.2) is 43.8 Å². The molecule has 0 amide bonds. The lowest BCUT2D eigenvalue weighted by molar-refractivity contribution is -0.411. The molecule has 566 valence electrons. The zero-order valence-corrected chi connectivity index (χ0v) is 57.5. The van der Waals surface area contributed by atoms with Crippen molar-refractivity contribution in [3.05, 3.63) is 12.2 Å². The molecule has 0 aromatic heterocycles. The molecule has 16 N–H and O–H groups in total. The third kappa shape index (κ3) is 12.6. The van der Waals surface area contributed by atoms with Crippen LogP contribution in [0.25, 0.3) is 0 Å². The lowest BCUT2D eigenvalue weighted by Gasteiger charge is -2.75. The normalized spacial score (nSPS) is 53.1. The second-order valence-corrected chi connectivity index (χ2v) is 31.8. The van der Waals surface area contributed by atoms with Gasteiger partial charge in [-0.15, -0.1) is 0 Å². The molecule has 11 rings (SSSR count). The maximum atomic E-state index is 13.5. The summed E-state index contributed by atoms with van der Waals surface area (Å²) in [5.74, 6) is -3.96. The number of unbranched alkanes of at least 4 members (excludes halogenated alkanes) is 1. The Morgan fingerprint density at radius 2 is 1.13 bits per heavy atom. The van der Waals surface area contributed by atoms with Crippen LogP contribution in [0.1, 0.15) is 133 Å². The smallest absolute Gasteiger partial charge is 0.335 e. The molecular formula is C67H106O32. The largest absolute Gasteiger partial charge is 0.479 e. The van der Waals surface area contributed by atoms with Gasteiger partial charge in [0.2, 0.25) is 0 Å². The molecule has 6 aliphatic heterocycles. The monoisotopic (exact) mass is 1420 g/mol. The van der Waals surface area contributed by atoms with Crippen molar-refractivity contribution in [2.75, 3.05) is 19.8 Å². The van der Waals surface area contributed by atoms with E-state index in [-0.39, 0.29) is 24.7 Å². The number of hydrogen-bond donors (Lipinski definition) is 16. The van der Waals surface area contributed by atoms with Crippen molar-refractivity contribution in [2.24, 2.45) is 50.2 Å². The van der Waals surface area contributed by atoms with Crippen molar-refractivity contribution >= 4 is 17.9 Å². The fourth-order valence-electron chi connectivity index (χ4n) is 20.4. The quantitative estimate of drug-likeness (QED) is 0.0369. The molecule has 1 spiro atoms. The fraction of sp³-hybridized carbons (Fsp3) is 0.925. The topological polar surface area (TPSA) is 495 Å². The van der Waals surface area contributed by atoms with Gasteiger partial charge >= 0.3 is 17.9 Å². The van der Waals surface area contributed by atoms with E-state index in [9.17, 15) is 96.1 Å². The fourth-order valence-corrected chi connectivity index (χ4v) is 20.4. The highest BCUT2D eigenvalue weighted by atomic mass is 16.8. The van der Waals surface area contributed by atoms with Gasteiger partial charge in [0.05, 0.1) is 43.0 Å². The number of allylic oxidation sites excluding steroid dienone is 1. The van der Waals surface area contributed by atoms with Gasteiger partial charge in [0, 0.05) is 29.7 Å². The number of aliphatic carboxylic acids is 1. The maximum Gasteiger partial charge on any atom is 0.335 e. The summed E-state index contributed by atoms with van der Waals surface area (Å²) in [5, 5.41) is 180. The molecule has 5 aliphatic carbocycles. The number of carbonyl (C=O) groups is 3. The molecule has 0 radical (unpaired) electrons. The minimum absolute atomic E-state index is 0.0946. The Kier molecular flexibility index (Phi) is 22.2. The van der Waals surface area contributed by atoms with Crippen molar-refractivity contribution in [2.45, 2.75) is 317 Å². The van der Waals surface area contributed by atoms with E-state index < -0.39 is 260 Å². The summed E-state index contributed by atoms with van der Waals surface area (Å²) >= 11 is 0. The first-order valence-electron chi connectivity index (χ1n) is 34.9. The number of aliphatic hydroxyl groups is 15. The van der Waals surface area contributed by atoms with E-state index in [2.05, 4.69) is 20.8 Å². The third-order valence-electron chi connectivity index (χ3n) is 25.8. The first kappa shape index (κ1) is 77.2. The molecule has 6 heterocycles. The van der Waals surface area contributed by atoms with Crippen LogP contribution in [-0.2, 0) is 76.0 Å². The van der Waals surface area contributed by atoms with Crippen LogP contribution in [0.3, 0.4) is 0 Å². The molecule has 0 aromatic carbocycles. The maximum absolute atomic E-state index is 13.5. The van der Waals surface area contributed by atoms with Crippen LogP contribution in [-0.4, -0.2) is 303 Å². The zero-order chi connectivity index (χ0) is 72.5. The van der Waals surface area contributed by atoms with Crippen LogP contribution >= 0.6 is 0 Å². The number of aliphatic hydroxyl groups excluding tert-OH is 15. The predicted octanol–water partition coefficient (Wildman–Crippen LogP) is -3.03. The van der Waals surface area contributed by atoms with Gasteiger partial charge in [0.25, 0.3) is 0 Å². The van der Waals surface area contributed by atoms with Crippen molar-refractivity contribution < 1.29 is 158 Å². The Labute approximate surface area is 573 Å². The minimum Gasteiger partial charge on any atom is -0.479 e. The molecule has 5 saturated carbocycles. The van der Waals surface area contributed by atoms with Crippen molar-refractivity contribution in [3.63, 3.8) is 0 Å². The molecule has 6 saturated heterocycles. The number of hydrogen-bond acceptors (Lipinski definition) is 31. The van der Waals surface area contributed by atoms with Gasteiger partial charge in [-0.3, -0.25) is 4.79 Å². The van der Waals surface area contributed by atoms with E-state index in [1.54, 1.807) is 6.08 Å². The molecule has 2 bridgehead atoms. The number of fused-ring (bicyclic) bond motifs is 4. The van der Waals surface area contributed by atoms with E-state index >= 15 is 0 Å². The van der Waals surface area contributed by atoms with Gasteiger partial charge < -0.3 is 143 Å². The van der Waals surface area contributed by atoms with Gasteiger partial charge in [-0.1, -0.05) is 67.9 Å². The van der Waals surface area contributed by atoms with Gasteiger partial charge in [0.1, 0.15) is 122 Å². The summed E-state index contributed by atoms with van der Waals surface area (Å²) in [4.78, 5) is 40.3. The van der Waals surface area contributed by atoms with Gasteiger partial charge in [-0.25, -0.2) is 9.59 Å². The second-order valence-electron chi connectivity index (χ2n) is 31.8. The summed E-state index contributed by atoms with van der Waals surface area (Å²) in [5.41, 5.74) is -6.44. The van der Waals surface area contributed by atoms with E-state index in [1.807, 2.05) is 34.6 Å². The SMILES string of the molecule is CCC/C=C/C(=O)OC1C(O)C23C(O)OC4(CCC5C6(C)CCC(OC7OC(C(=O)O)C(O)C(OC8OC(CO)C(O)C(O)C8OC8OC(C)C(O)C(O)C8OC8OCC(O)C(O)C8O)C7OC7OC(CO)C(O)C(O)C7O)C(C)(C)C6CCC5(C)C4(C)CC2OC(C)=O)C3CC1(C)C. The highest BCUT2D eigenvalue weighted by Gasteiger charge is 2.86. The zero-order valence-electron chi connectivity index (χ0n) is 57.5. The van der Waals surface area contributed by atoms with E-state index in [4.69, 9.17) is 61.6 Å². The summed E-state index contributed by atoms with van der Waals surface area (Å²) < 4.78 is 81.0. The lowest BCUT2D eigenvalue weighted by Crippen LogP contribution is -2.77. The average Bonchev–Trinajstić information content (AvgIpc) is 1.47. The summed E-state index contributed by atoms with van der Waals surface area (Å²) in [6.07, 6.45) is -45.4. The molecule has 32 nitrogen and oxygen atoms in total. The van der Waals surface area contributed by atoms with Gasteiger partial charge in [-0.2, -0.15) is 0 Å². The number of carbonyl (C=O) groups excluding carboxylic acids is 2. The Balaban J connectivity index is 0.911. The predicted molar refractivity (Wildman–Crippen MR) is 329 cm³/mol. The average molecular weight is 1420 g/mol. The first-order valence-corrected chi connectivity index (χ1v) is 34.9.